The highest BCUT2D eigenvalue weighted by Gasteiger charge is 2.32. The van der Waals surface area contributed by atoms with Crippen molar-refractivity contribution in [3.05, 3.63) is 0 Å². The molecule has 1 N–H and O–H groups in total. The molecule has 0 spiro atoms. The molecule has 0 radical (unpaired) electrons. The Hall–Kier alpha value is -0.290. The zero-order valence-corrected chi connectivity index (χ0v) is 11.5. The van der Waals surface area contributed by atoms with Crippen molar-refractivity contribution in [1.29, 1.82) is 0 Å². The Morgan fingerprint density at radius 2 is 1.79 bits per heavy atom. The van der Waals surface area contributed by atoms with Gasteiger partial charge in [-0.1, -0.05) is 6.92 Å². The van der Waals surface area contributed by atoms with Gasteiger partial charge < -0.3 is 10.1 Å². The van der Waals surface area contributed by atoms with Crippen molar-refractivity contribution in [2.45, 2.75) is 76.2 Å². The van der Waals surface area contributed by atoms with Crippen LogP contribution in [0.1, 0.15) is 51.9 Å². The molecule has 19 heavy (non-hydrogen) atoms. The van der Waals surface area contributed by atoms with Crippen LogP contribution >= 0.6 is 0 Å². The van der Waals surface area contributed by atoms with Crippen LogP contribution in [0.3, 0.4) is 0 Å². The number of nitrogens with one attached hydrogen (secondary N) is 1. The summed E-state index contributed by atoms with van der Waals surface area (Å²) < 4.78 is 41.4. The van der Waals surface area contributed by atoms with E-state index in [0.29, 0.717) is 12.1 Å². The van der Waals surface area contributed by atoms with Crippen LogP contribution < -0.4 is 5.32 Å². The zero-order chi connectivity index (χ0) is 13.9. The lowest BCUT2D eigenvalue weighted by Gasteiger charge is -2.32. The average Bonchev–Trinajstić information content (AvgIpc) is 2.72. The van der Waals surface area contributed by atoms with Gasteiger partial charge in [-0.2, -0.15) is 13.2 Å². The first-order valence-electron chi connectivity index (χ1n) is 7.37. The topological polar surface area (TPSA) is 21.3 Å². The van der Waals surface area contributed by atoms with Crippen molar-refractivity contribution in [1.82, 2.24) is 5.32 Å². The van der Waals surface area contributed by atoms with Crippen LogP contribution in [0.15, 0.2) is 0 Å². The van der Waals surface area contributed by atoms with E-state index in [1.54, 1.807) is 0 Å². The summed E-state index contributed by atoms with van der Waals surface area (Å²) in [5, 5.41) is 3.61. The lowest BCUT2D eigenvalue weighted by atomic mass is 9.92. The van der Waals surface area contributed by atoms with Crippen molar-refractivity contribution in [2.24, 2.45) is 5.92 Å². The highest BCUT2D eigenvalue weighted by Crippen LogP contribution is 2.28. The van der Waals surface area contributed by atoms with Crippen molar-refractivity contribution in [3.8, 4) is 0 Å². The molecule has 4 atom stereocenters. The summed E-state index contributed by atoms with van der Waals surface area (Å²) in [4.78, 5) is 0. The van der Waals surface area contributed by atoms with Gasteiger partial charge in [0, 0.05) is 12.1 Å². The first-order valence-corrected chi connectivity index (χ1v) is 7.37. The smallest absolute Gasteiger partial charge is 0.369 e. The molecule has 2 fully saturated rings. The summed E-state index contributed by atoms with van der Waals surface area (Å²) in [6.07, 6.45) is 2.73. The lowest BCUT2D eigenvalue weighted by molar-refractivity contribution is -0.188. The number of alkyl halides is 3. The summed E-state index contributed by atoms with van der Waals surface area (Å²) in [7, 11) is 0. The molecule has 2 aliphatic carbocycles. The second kappa shape index (κ2) is 6.44. The van der Waals surface area contributed by atoms with Crippen molar-refractivity contribution in [2.75, 3.05) is 6.61 Å². The van der Waals surface area contributed by atoms with Gasteiger partial charge in [-0.25, -0.2) is 0 Å². The van der Waals surface area contributed by atoms with Gasteiger partial charge in [0.05, 0.1) is 6.10 Å². The second-order valence-corrected chi connectivity index (χ2v) is 6.19. The minimum Gasteiger partial charge on any atom is -0.369 e. The van der Waals surface area contributed by atoms with Crippen LogP contribution in [-0.2, 0) is 4.74 Å². The molecule has 2 saturated carbocycles. The van der Waals surface area contributed by atoms with Gasteiger partial charge in [0.2, 0.25) is 0 Å². The third-order valence-corrected chi connectivity index (χ3v) is 4.28. The molecule has 0 saturated heterocycles. The van der Waals surface area contributed by atoms with Crippen LogP contribution in [0, 0.1) is 5.92 Å². The van der Waals surface area contributed by atoms with Crippen molar-refractivity contribution < 1.29 is 17.9 Å². The molecule has 112 valence electrons. The van der Waals surface area contributed by atoms with E-state index in [9.17, 15) is 13.2 Å². The van der Waals surface area contributed by atoms with Crippen LogP contribution in [0.2, 0.25) is 0 Å². The highest BCUT2D eigenvalue weighted by molar-refractivity contribution is 4.85. The number of hydrogen-bond acceptors (Lipinski definition) is 2. The van der Waals surface area contributed by atoms with Gasteiger partial charge in [0.1, 0.15) is 6.61 Å². The molecule has 0 aromatic carbocycles. The first-order chi connectivity index (χ1) is 8.92. The van der Waals surface area contributed by atoms with Gasteiger partial charge in [-0.15, -0.1) is 0 Å². The van der Waals surface area contributed by atoms with E-state index in [2.05, 4.69) is 12.2 Å². The standard InChI is InChI=1S/C14H24F3NO/c1-10-5-6-12(7-10)18-11-3-2-4-13(8-11)19-9-14(15,16)17/h10-13,18H,2-9H2,1H3. The molecular weight excluding hydrogens is 255 g/mol. The maximum Gasteiger partial charge on any atom is 0.411 e. The van der Waals surface area contributed by atoms with E-state index in [1.165, 1.54) is 19.3 Å². The molecule has 0 aliphatic heterocycles. The molecule has 0 amide bonds. The molecule has 0 aromatic heterocycles. The third kappa shape index (κ3) is 5.30. The SMILES string of the molecule is CC1CCC(NC2CCCC(OCC(F)(F)F)C2)C1. The molecule has 2 nitrogen and oxygen atoms in total. The van der Waals surface area contributed by atoms with Gasteiger partial charge in [-0.05, 0) is 50.9 Å². The van der Waals surface area contributed by atoms with Crippen LogP contribution in [0.25, 0.3) is 0 Å². The molecule has 4 unspecified atom stereocenters. The second-order valence-electron chi connectivity index (χ2n) is 6.19. The summed E-state index contributed by atoms with van der Waals surface area (Å²) >= 11 is 0. The quantitative estimate of drug-likeness (QED) is 0.848. The predicted octanol–water partition coefficient (Wildman–Crippen LogP) is 3.65. The van der Waals surface area contributed by atoms with Crippen molar-refractivity contribution >= 4 is 0 Å². The Morgan fingerprint density at radius 1 is 1.05 bits per heavy atom. The molecule has 5 heteroatoms. The Balaban J connectivity index is 1.71. The van der Waals surface area contributed by atoms with Crippen LogP contribution in [-0.4, -0.2) is 31.0 Å². The fourth-order valence-corrected chi connectivity index (χ4v) is 3.35. The van der Waals surface area contributed by atoms with E-state index in [4.69, 9.17) is 4.74 Å². The van der Waals surface area contributed by atoms with Gasteiger partial charge in [-0.3, -0.25) is 0 Å². The predicted molar refractivity (Wildman–Crippen MR) is 68.0 cm³/mol. The molecule has 2 aliphatic rings. The number of ether oxygens (including phenoxy) is 1. The van der Waals surface area contributed by atoms with E-state index in [1.807, 2.05) is 0 Å². The molecular formula is C14H24F3NO. The molecule has 2 rings (SSSR count). The van der Waals surface area contributed by atoms with Crippen LogP contribution in [0.5, 0.6) is 0 Å². The molecule has 0 heterocycles. The number of hydrogen-bond donors (Lipinski definition) is 1. The minimum atomic E-state index is -4.21. The zero-order valence-electron chi connectivity index (χ0n) is 11.5. The number of halogens is 3. The normalized spacial score (nSPS) is 36.6. The highest BCUT2D eigenvalue weighted by atomic mass is 19.4. The Kier molecular flexibility index (Phi) is 5.12. The van der Waals surface area contributed by atoms with Gasteiger partial charge in [0.15, 0.2) is 0 Å². The lowest BCUT2D eigenvalue weighted by Crippen LogP contribution is -2.42. The fraction of sp³-hybridized carbons (Fsp3) is 1.00. The number of rotatable bonds is 4. The Morgan fingerprint density at radius 3 is 2.42 bits per heavy atom. The van der Waals surface area contributed by atoms with E-state index >= 15 is 0 Å². The van der Waals surface area contributed by atoms with Crippen molar-refractivity contribution in [3.63, 3.8) is 0 Å². The Bertz CT molecular complexity index is 282. The summed E-state index contributed by atoms with van der Waals surface area (Å²) in [5.41, 5.74) is 0. The van der Waals surface area contributed by atoms with Gasteiger partial charge in [0.25, 0.3) is 0 Å². The monoisotopic (exact) mass is 279 g/mol. The largest absolute Gasteiger partial charge is 0.411 e. The third-order valence-electron chi connectivity index (χ3n) is 4.28. The van der Waals surface area contributed by atoms with E-state index < -0.39 is 12.8 Å². The summed E-state index contributed by atoms with van der Waals surface area (Å²) in [6.45, 7) is 1.16. The van der Waals surface area contributed by atoms with Gasteiger partial charge >= 0.3 is 6.18 Å². The van der Waals surface area contributed by atoms with Crippen LogP contribution in [0.4, 0.5) is 13.2 Å². The minimum absolute atomic E-state index is 0.230. The summed E-state index contributed by atoms with van der Waals surface area (Å²) in [6, 6.07) is 0.892. The average molecular weight is 279 g/mol. The molecule has 0 aromatic rings. The fourth-order valence-electron chi connectivity index (χ4n) is 3.35. The Labute approximate surface area is 113 Å². The summed E-state index contributed by atoms with van der Waals surface area (Å²) in [5.74, 6) is 0.776. The van der Waals surface area contributed by atoms with E-state index in [0.717, 1.165) is 31.6 Å². The first kappa shape index (κ1) is 15.1. The molecule has 0 bridgehead atoms. The van der Waals surface area contributed by atoms with E-state index in [-0.39, 0.29) is 6.10 Å². The maximum atomic E-state index is 12.1. The maximum absolute atomic E-state index is 12.1.